The summed E-state index contributed by atoms with van der Waals surface area (Å²) in [6.45, 7) is 4.59. The highest BCUT2D eigenvalue weighted by Crippen LogP contribution is 2.38. The fraction of sp³-hybridized carbons (Fsp3) is 0.917. The normalized spacial score (nSPS) is 14.0. The molecule has 0 saturated carbocycles. The summed E-state index contributed by atoms with van der Waals surface area (Å²) >= 11 is 0. The van der Waals surface area contributed by atoms with Crippen LogP contribution in [0.4, 0.5) is 0 Å². The molecule has 0 heterocycles. The second-order valence-electron chi connectivity index (χ2n) is 22.1. The number of unbranched alkanes of at least 4 members (excludes halogenated alkanes) is 41. The maximum absolute atomic E-state index is 12.8. The van der Waals surface area contributed by atoms with Crippen molar-refractivity contribution in [3.05, 3.63) is 24.3 Å². The van der Waals surface area contributed by atoms with E-state index in [1.165, 1.54) is 238 Å². The SMILES string of the molecule is CCCCCC/C=C/C(O)C(COP(=O)([O-])OCC[N+](C)(C)C)NC(=O)CCCCCCCCCCCCCCCCCCCCCCCCCCCCCCC/C=C\CCCCCCCCCC. The number of hydrogen-bond acceptors (Lipinski definition) is 6. The van der Waals surface area contributed by atoms with Crippen molar-refractivity contribution >= 4 is 13.7 Å². The molecule has 0 aromatic rings. The first-order valence-electron chi connectivity index (χ1n) is 30.2. The maximum atomic E-state index is 12.8. The van der Waals surface area contributed by atoms with E-state index in [0.29, 0.717) is 17.4 Å². The molecule has 8 nitrogen and oxygen atoms in total. The van der Waals surface area contributed by atoms with Gasteiger partial charge in [-0.05, 0) is 44.9 Å². The van der Waals surface area contributed by atoms with Crippen molar-refractivity contribution in [2.24, 2.45) is 0 Å². The molecule has 0 saturated heterocycles. The third-order valence-corrected chi connectivity index (χ3v) is 14.9. The number of phosphoric acid groups is 1. The van der Waals surface area contributed by atoms with Gasteiger partial charge in [-0.2, -0.15) is 0 Å². The van der Waals surface area contributed by atoms with Crippen LogP contribution in [0.25, 0.3) is 0 Å². The van der Waals surface area contributed by atoms with Gasteiger partial charge in [-0.1, -0.05) is 276 Å². The molecule has 69 heavy (non-hydrogen) atoms. The van der Waals surface area contributed by atoms with Gasteiger partial charge >= 0.3 is 0 Å². The third-order valence-electron chi connectivity index (χ3n) is 13.9. The lowest BCUT2D eigenvalue weighted by Crippen LogP contribution is -2.45. The van der Waals surface area contributed by atoms with Crippen molar-refractivity contribution in [2.45, 2.75) is 315 Å². The number of rotatable bonds is 56. The Morgan fingerprint density at radius 1 is 0.493 bits per heavy atom. The zero-order valence-corrected chi connectivity index (χ0v) is 47.7. The number of amides is 1. The fourth-order valence-electron chi connectivity index (χ4n) is 9.15. The Kier molecular flexibility index (Phi) is 51.1. The van der Waals surface area contributed by atoms with Gasteiger partial charge in [0.15, 0.2) is 0 Å². The maximum Gasteiger partial charge on any atom is 0.268 e. The number of nitrogens with one attached hydrogen (secondary N) is 1. The summed E-state index contributed by atoms with van der Waals surface area (Å²) in [4.78, 5) is 25.2. The number of aliphatic hydroxyl groups excluding tert-OH is 1. The molecule has 3 unspecified atom stereocenters. The molecule has 0 spiro atoms. The summed E-state index contributed by atoms with van der Waals surface area (Å²) in [6, 6.07) is -0.879. The van der Waals surface area contributed by atoms with Gasteiger partial charge in [0.05, 0.1) is 39.9 Å². The molecule has 0 bridgehead atoms. The number of phosphoric ester groups is 1. The minimum absolute atomic E-state index is 0.000706. The Balaban J connectivity index is 3.64. The Hall–Kier alpha value is -1.02. The molecule has 1 amide bonds. The molecule has 0 rings (SSSR count). The number of aliphatic hydroxyl groups is 1. The second kappa shape index (κ2) is 51.9. The highest BCUT2D eigenvalue weighted by atomic mass is 31.2. The van der Waals surface area contributed by atoms with Crippen molar-refractivity contribution in [3.8, 4) is 0 Å². The van der Waals surface area contributed by atoms with Gasteiger partial charge in [0.2, 0.25) is 5.91 Å². The summed E-state index contributed by atoms with van der Waals surface area (Å²) in [5, 5.41) is 13.7. The first-order chi connectivity index (χ1) is 33.5. The Morgan fingerprint density at radius 2 is 0.797 bits per heavy atom. The van der Waals surface area contributed by atoms with Gasteiger partial charge in [0, 0.05) is 6.42 Å². The number of quaternary nitrogens is 1. The summed E-state index contributed by atoms with van der Waals surface area (Å²) in [6.07, 6.45) is 66.4. The van der Waals surface area contributed by atoms with E-state index in [9.17, 15) is 19.4 Å². The van der Waals surface area contributed by atoms with Crippen LogP contribution in [0.3, 0.4) is 0 Å². The van der Waals surface area contributed by atoms with Crippen LogP contribution in [0.5, 0.6) is 0 Å². The molecule has 0 radical (unpaired) electrons. The molecule has 0 aromatic carbocycles. The van der Waals surface area contributed by atoms with Crippen LogP contribution in [0.15, 0.2) is 24.3 Å². The molecule has 0 fully saturated rings. The van der Waals surface area contributed by atoms with Crippen LogP contribution in [0, 0.1) is 0 Å². The molecular formula is C60H119N2O6P. The fourth-order valence-corrected chi connectivity index (χ4v) is 9.87. The summed E-state index contributed by atoms with van der Waals surface area (Å²) in [7, 11) is 1.27. The van der Waals surface area contributed by atoms with Crippen molar-refractivity contribution in [3.63, 3.8) is 0 Å². The predicted molar refractivity (Wildman–Crippen MR) is 298 cm³/mol. The smallest absolute Gasteiger partial charge is 0.268 e. The van der Waals surface area contributed by atoms with Crippen LogP contribution < -0.4 is 10.2 Å². The largest absolute Gasteiger partial charge is 0.756 e. The Labute approximate surface area is 430 Å². The first kappa shape index (κ1) is 68.0. The third kappa shape index (κ3) is 54.6. The van der Waals surface area contributed by atoms with Gasteiger partial charge < -0.3 is 28.8 Å². The summed E-state index contributed by atoms with van der Waals surface area (Å²) in [5.41, 5.74) is 0. The van der Waals surface area contributed by atoms with Crippen molar-refractivity contribution in [1.29, 1.82) is 0 Å². The zero-order chi connectivity index (χ0) is 50.6. The lowest BCUT2D eigenvalue weighted by molar-refractivity contribution is -0.870. The number of carbonyl (C=O) groups excluding carboxylic acids is 1. The van der Waals surface area contributed by atoms with Gasteiger partial charge in [-0.3, -0.25) is 9.36 Å². The van der Waals surface area contributed by atoms with Gasteiger partial charge in [0.1, 0.15) is 13.2 Å². The molecule has 3 atom stereocenters. The lowest BCUT2D eigenvalue weighted by Gasteiger charge is -2.29. The van der Waals surface area contributed by atoms with E-state index in [1.807, 2.05) is 27.2 Å². The number of carbonyl (C=O) groups is 1. The van der Waals surface area contributed by atoms with Crippen LogP contribution in [0.2, 0.25) is 0 Å². The van der Waals surface area contributed by atoms with Crippen molar-refractivity contribution in [1.82, 2.24) is 5.32 Å². The van der Waals surface area contributed by atoms with E-state index >= 15 is 0 Å². The van der Waals surface area contributed by atoms with E-state index in [1.54, 1.807) is 6.08 Å². The monoisotopic (exact) mass is 995 g/mol. The van der Waals surface area contributed by atoms with E-state index in [0.717, 1.165) is 44.9 Å². The average Bonchev–Trinajstić information content (AvgIpc) is 3.31. The summed E-state index contributed by atoms with van der Waals surface area (Å²) in [5.74, 6) is -0.198. The second-order valence-corrected chi connectivity index (χ2v) is 23.5. The van der Waals surface area contributed by atoms with Crippen LogP contribution in [0.1, 0.15) is 303 Å². The molecule has 410 valence electrons. The van der Waals surface area contributed by atoms with Crippen LogP contribution >= 0.6 is 7.82 Å². The van der Waals surface area contributed by atoms with Crippen molar-refractivity contribution < 1.29 is 32.9 Å². The van der Waals surface area contributed by atoms with Crippen molar-refractivity contribution in [2.75, 3.05) is 40.9 Å². The number of hydrogen-bond donors (Lipinski definition) is 2. The minimum atomic E-state index is -4.58. The molecule has 0 aliphatic carbocycles. The Bertz CT molecular complexity index is 1170. The van der Waals surface area contributed by atoms with E-state index in [-0.39, 0.29) is 19.1 Å². The quantitative estimate of drug-likeness (QED) is 0.0272. The minimum Gasteiger partial charge on any atom is -0.756 e. The molecule has 0 aliphatic heterocycles. The van der Waals surface area contributed by atoms with E-state index in [4.69, 9.17) is 9.05 Å². The molecule has 9 heteroatoms. The van der Waals surface area contributed by atoms with Gasteiger partial charge in [-0.25, -0.2) is 0 Å². The number of likely N-dealkylation sites (N-methyl/N-ethyl adjacent to an activating group) is 1. The highest BCUT2D eigenvalue weighted by Gasteiger charge is 2.23. The van der Waals surface area contributed by atoms with E-state index < -0.39 is 20.0 Å². The zero-order valence-electron chi connectivity index (χ0n) is 46.8. The highest BCUT2D eigenvalue weighted by molar-refractivity contribution is 7.45. The molecule has 0 aromatic heterocycles. The summed E-state index contributed by atoms with van der Waals surface area (Å²) < 4.78 is 23.1. The van der Waals surface area contributed by atoms with Crippen LogP contribution in [-0.2, 0) is 18.4 Å². The van der Waals surface area contributed by atoms with Gasteiger partial charge in [0.25, 0.3) is 7.82 Å². The standard InChI is InChI=1S/C60H119N2O6P/c1-6-8-10-12-14-15-16-17-18-19-20-21-22-23-24-25-26-27-28-29-30-31-32-33-34-35-36-37-38-39-40-41-42-43-44-45-46-47-48-50-52-54-60(64)61-58(59(63)53-51-49-13-11-9-7-2)57-68-69(65,66)67-56-55-62(3,4)5/h19-20,51,53,58-59,63H,6-18,21-50,52,54-57H2,1-5H3,(H-,61,64,65,66)/b20-19-,53-51+. The molecular weight excluding hydrogens is 876 g/mol. The lowest BCUT2D eigenvalue weighted by atomic mass is 10.0. The molecule has 2 N–H and O–H groups in total. The van der Waals surface area contributed by atoms with Gasteiger partial charge in [-0.15, -0.1) is 0 Å². The molecule has 0 aliphatic rings. The van der Waals surface area contributed by atoms with E-state index in [2.05, 4.69) is 31.3 Å². The Morgan fingerprint density at radius 3 is 1.14 bits per heavy atom. The topological polar surface area (TPSA) is 108 Å². The van der Waals surface area contributed by atoms with Crippen LogP contribution in [-0.4, -0.2) is 68.5 Å². The predicted octanol–water partition coefficient (Wildman–Crippen LogP) is 17.7. The average molecular weight is 996 g/mol. The first-order valence-corrected chi connectivity index (χ1v) is 31.7. The number of allylic oxidation sites excluding steroid dienone is 3. The number of nitrogens with zero attached hydrogens (tertiary/aromatic N) is 1.